The van der Waals surface area contributed by atoms with Crippen molar-refractivity contribution in [2.45, 2.75) is 78.1 Å². The van der Waals surface area contributed by atoms with E-state index in [-0.39, 0.29) is 18.6 Å². The molecule has 0 heterocycles. The minimum absolute atomic E-state index is 0.146. The van der Waals surface area contributed by atoms with Gasteiger partial charge in [-0.3, -0.25) is 0 Å². The van der Waals surface area contributed by atoms with E-state index < -0.39 is 0 Å². The lowest BCUT2D eigenvalue weighted by Gasteiger charge is -2.42. The molecule has 0 radical (unpaired) electrons. The first-order valence-corrected chi connectivity index (χ1v) is 8.42. The molecule has 0 aromatic heterocycles. The molecule has 0 bridgehead atoms. The summed E-state index contributed by atoms with van der Waals surface area (Å²) < 4.78 is 0. The molecule has 19 heavy (non-hydrogen) atoms. The summed E-state index contributed by atoms with van der Waals surface area (Å²) in [5, 5.41) is 19.7. The third-order valence-corrected chi connectivity index (χ3v) is 5.48. The van der Waals surface area contributed by atoms with Crippen LogP contribution in [0.5, 0.6) is 0 Å². The summed E-state index contributed by atoms with van der Waals surface area (Å²) in [5.41, 5.74) is -0.240. The van der Waals surface area contributed by atoms with E-state index in [4.69, 9.17) is 0 Å². The molecule has 1 rings (SSSR count). The van der Waals surface area contributed by atoms with Crippen LogP contribution in [-0.2, 0) is 0 Å². The molecule has 0 amide bonds. The molecule has 1 fully saturated rings. The lowest BCUT2D eigenvalue weighted by molar-refractivity contribution is -0.0275. The fourth-order valence-electron chi connectivity index (χ4n) is 3.76. The van der Waals surface area contributed by atoms with Crippen LogP contribution in [0.1, 0.15) is 78.1 Å². The van der Waals surface area contributed by atoms with Gasteiger partial charge in [0.05, 0.1) is 13.2 Å². The lowest BCUT2D eigenvalue weighted by Crippen LogP contribution is -2.41. The van der Waals surface area contributed by atoms with E-state index in [0.717, 1.165) is 12.8 Å². The van der Waals surface area contributed by atoms with Crippen molar-refractivity contribution in [2.24, 2.45) is 17.3 Å². The number of unbranched alkanes of at least 4 members (excludes halogenated alkanes) is 3. The van der Waals surface area contributed by atoms with Gasteiger partial charge in [-0.2, -0.15) is 0 Å². The quantitative estimate of drug-likeness (QED) is 0.618. The van der Waals surface area contributed by atoms with Crippen molar-refractivity contribution in [1.29, 1.82) is 0 Å². The van der Waals surface area contributed by atoms with Crippen molar-refractivity contribution in [2.75, 3.05) is 13.2 Å². The minimum atomic E-state index is -0.240. The number of hydrogen-bond donors (Lipinski definition) is 2. The van der Waals surface area contributed by atoms with Gasteiger partial charge < -0.3 is 10.2 Å². The van der Waals surface area contributed by atoms with Crippen molar-refractivity contribution in [3.8, 4) is 0 Å². The monoisotopic (exact) mass is 270 g/mol. The summed E-state index contributed by atoms with van der Waals surface area (Å²) in [7, 11) is 0. The second-order valence-corrected chi connectivity index (χ2v) is 6.68. The summed E-state index contributed by atoms with van der Waals surface area (Å²) in [6.07, 6.45) is 12.5. The standard InChI is InChI=1S/C17H34O2/c1-3-4-5-9-12-17(13-18,14-19)15(2)16-10-7-6-8-11-16/h15-16,18-19H,3-14H2,1-2H3. The second-order valence-electron chi connectivity index (χ2n) is 6.68. The number of aliphatic hydroxyl groups excluding tert-OH is 2. The van der Waals surface area contributed by atoms with Gasteiger partial charge in [-0.05, 0) is 18.3 Å². The zero-order valence-corrected chi connectivity index (χ0v) is 13.0. The fourth-order valence-corrected chi connectivity index (χ4v) is 3.76. The van der Waals surface area contributed by atoms with Gasteiger partial charge in [0.25, 0.3) is 0 Å². The van der Waals surface area contributed by atoms with E-state index in [1.807, 2.05) is 0 Å². The Morgan fingerprint density at radius 1 is 1.00 bits per heavy atom. The average Bonchev–Trinajstić information content (AvgIpc) is 2.48. The Hall–Kier alpha value is -0.0800. The van der Waals surface area contributed by atoms with E-state index in [0.29, 0.717) is 11.8 Å². The van der Waals surface area contributed by atoms with Gasteiger partial charge in [0.15, 0.2) is 0 Å². The van der Waals surface area contributed by atoms with E-state index in [2.05, 4.69) is 13.8 Å². The van der Waals surface area contributed by atoms with Crippen LogP contribution in [-0.4, -0.2) is 23.4 Å². The molecule has 0 saturated heterocycles. The van der Waals surface area contributed by atoms with Crippen molar-refractivity contribution in [3.05, 3.63) is 0 Å². The zero-order valence-electron chi connectivity index (χ0n) is 13.0. The number of rotatable bonds is 9. The van der Waals surface area contributed by atoms with E-state index in [1.165, 1.54) is 51.4 Å². The van der Waals surface area contributed by atoms with Gasteiger partial charge in [-0.25, -0.2) is 0 Å². The van der Waals surface area contributed by atoms with Crippen molar-refractivity contribution in [3.63, 3.8) is 0 Å². The number of hydrogen-bond acceptors (Lipinski definition) is 2. The molecule has 0 aromatic rings. The Morgan fingerprint density at radius 2 is 1.63 bits per heavy atom. The van der Waals surface area contributed by atoms with Crippen molar-refractivity contribution >= 4 is 0 Å². The Balaban J connectivity index is 2.56. The molecule has 1 unspecified atom stereocenters. The van der Waals surface area contributed by atoms with Crippen LogP contribution >= 0.6 is 0 Å². The molecule has 2 heteroatoms. The zero-order chi connectivity index (χ0) is 14.1. The largest absolute Gasteiger partial charge is 0.396 e. The topological polar surface area (TPSA) is 40.5 Å². The van der Waals surface area contributed by atoms with Gasteiger partial charge in [-0.15, -0.1) is 0 Å². The maximum Gasteiger partial charge on any atom is 0.0512 e. The number of aliphatic hydroxyl groups is 2. The second kappa shape index (κ2) is 8.97. The highest BCUT2D eigenvalue weighted by molar-refractivity contribution is 4.88. The Kier molecular flexibility index (Phi) is 8.01. The van der Waals surface area contributed by atoms with Gasteiger partial charge in [-0.1, -0.05) is 71.6 Å². The molecule has 2 N–H and O–H groups in total. The minimum Gasteiger partial charge on any atom is -0.396 e. The van der Waals surface area contributed by atoms with Gasteiger partial charge in [0.1, 0.15) is 0 Å². The fraction of sp³-hybridized carbons (Fsp3) is 1.00. The summed E-state index contributed by atoms with van der Waals surface area (Å²) in [6.45, 7) is 4.78. The maximum absolute atomic E-state index is 9.87. The highest BCUT2D eigenvalue weighted by atomic mass is 16.3. The summed E-state index contributed by atoms with van der Waals surface area (Å²) >= 11 is 0. The predicted octanol–water partition coefficient (Wildman–Crippen LogP) is 4.14. The lowest BCUT2D eigenvalue weighted by atomic mass is 9.65. The van der Waals surface area contributed by atoms with Crippen LogP contribution in [0.2, 0.25) is 0 Å². The normalized spacial score (nSPS) is 19.6. The van der Waals surface area contributed by atoms with Crippen LogP contribution in [0.3, 0.4) is 0 Å². The molecule has 2 nitrogen and oxygen atoms in total. The smallest absolute Gasteiger partial charge is 0.0512 e. The highest BCUT2D eigenvalue weighted by Crippen LogP contribution is 2.42. The summed E-state index contributed by atoms with van der Waals surface area (Å²) in [6, 6.07) is 0. The summed E-state index contributed by atoms with van der Waals surface area (Å²) in [4.78, 5) is 0. The Bertz CT molecular complexity index is 217. The third kappa shape index (κ3) is 4.75. The molecule has 1 saturated carbocycles. The molecule has 114 valence electrons. The maximum atomic E-state index is 9.87. The van der Waals surface area contributed by atoms with Crippen molar-refractivity contribution in [1.82, 2.24) is 0 Å². The van der Waals surface area contributed by atoms with Crippen molar-refractivity contribution < 1.29 is 10.2 Å². The van der Waals surface area contributed by atoms with Crippen LogP contribution in [0.4, 0.5) is 0 Å². The predicted molar refractivity (Wildman–Crippen MR) is 81.1 cm³/mol. The first-order valence-electron chi connectivity index (χ1n) is 8.42. The first-order chi connectivity index (χ1) is 9.20. The van der Waals surface area contributed by atoms with Gasteiger partial charge >= 0.3 is 0 Å². The van der Waals surface area contributed by atoms with Crippen LogP contribution in [0.25, 0.3) is 0 Å². The summed E-state index contributed by atoms with van der Waals surface area (Å²) in [5.74, 6) is 1.16. The van der Waals surface area contributed by atoms with E-state index in [9.17, 15) is 10.2 Å². The highest BCUT2D eigenvalue weighted by Gasteiger charge is 2.39. The van der Waals surface area contributed by atoms with Crippen LogP contribution < -0.4 is 0 Å². The molecule has 0 aliphatic heterocycles. The van der Waals surface area contributed by atoms with E-state index >= 15 is 0 Å². The third-order valence-electron chi connectivity index (χ3n) is 5.48. The average molecular weight is 270 g/mol. The Morgan fingerprint density at radius 3 is 2.16 bits per heavy atom. The molecule has 1 atom stereocenters. The SMILES string of the molecule is CCCCCCC(CO)(CO)C(C)C1CCCCC1. The van der Waals surface area contributed by atoms with Gasteiger partial charge in [0, 0.05) is 5.41 Å². The molecular weight excluding hydrogens is 236 g/mol. The molecule has 1 aliphatic rings. The molecular formula is C17H34O2. The van der Waals surface area contributed by atoms with E-state index in [1.54, 1.807) is 0 Å². The first kappa shape index (κ1) is 17.0. The molecule has 1 aliphatic carbocycles. The van der Waals surface area contributed by atoms with Gasteiger partial charge in [0.2, 0.25) is 0 Å². The Labute approximate surface area is 119 Å². The molecule has 0 spiro atoms. The van der Waals surface area contributed by atoms with Crippen LogP contribution in [0.15, 0.2) is 0 Å². The van der Waals surface area contributed by atoms with Crippen LogP contribution in [0, 0.1) is 17.3 Å². The molecule has 0 aromatic carbocycles.